The van der Waals surface area contributed by atoms with Gasteiger partial charge in [0.05, 0.1) is 0 Å². The van der Waals surface area contributed by atoms with Gasteiger partial charge in [0.2, 0.25) is 11.6 Å². The van der Waals surface area contributed by atoms with Crippen molar-refractivity contribution in [1.82, 2.24) is 0 Å². The first kappa shape index (κ1) is 29.5. The van der Waals surface area contributed by atoms with Gasteiger partial charge in [-0.15, -0.1) is 20.5 Å². The topological polar surface area (TPSA) is 329 Å². The molecular formula is C2H12N8O12P4. The Morgan fingerprint density at radius 1 is 0.423 bits per heavy atom. The molecule has 2 aliphatic heterocycles. The van der Waals surface area contributed by atoms with Crippen LogP contribution in [0.5, 0.6) is 0 Å². The van der Waals surface area contributed by atoms with E-state index in [9.17, 15) is 0 Å². The molecule has 24 heteroatoms. The zero-order valence-electron chi connectivity index (χ0n) is 11.8. The second-order valence-electron chi connectivity index (χ2n) is 2.54. The molecule has 0 radical (unpaired) electrons. The maximum atomic E-state index is 8.74. The highest BCUT2D eigenvalue weighted by Gasteiger charge is 2.10. The Labute approximate surface area is 144 Å². The highest BCUT2D eigenvalue weighted by atomic mass is 31.1. The van der Waals surface area contributed by atoms with Gasteiger partial charge in [-0.1, -0.05) is 0 Å². The molecule has 0 atom stereocenters. The van der Waals surface area contributed by atoms with E-state index in [2.05, 4.69) is 41.4 Å². The maximum absolute atomic E-state index is 8.74. The molecule has 0 aliphatic carbocycles. The molecule has 0 fully saturated rings. The van der Waals surface area contributed by atoms with Crippen LogP contribution in [0.25, 0.3) is 0 Å². The minimum Gasteiger partial charge on any atom is -0.326 e. The monoisotopic (exact) mass is 464 g/mol. The van der Waals surface area contributed by atoms with Gasteiger partial charge in [-0.3, -0.25) is 18.3 Å². The van der Waals surface area contributed by atoms with Crippen molar-refractivity contribution in [3.8, 4) is 0 Å². The van der Waals surface area contributed by atoms with Crippen LogP contribution >= 0.6 is 33.0 Å². The average molecular weight is 464 g/mol. The van der Waals surface area contributed by atoms with Gasteiger partial charge in [-0.05, 0) is 20.9 Å². The number of hydrogen-bond donors (Lipinski definition) is 8. The van der Waals surface area contributed by atoms with E-state index >= 15 is 0 Å². The maximum Gasteiger partial charge on any atom is 0.314 e. The summed E-state index contributed by atoms with van der Waals surface area (Å²) in [4.78, 5) is 57.3. The van der Waals surface area contributed by atoms with Gasteiger partial charge in [0.25, 0.3) is 0 Å². The lowest BCUT2D eigenvalue weighted by atomic mass is 10.7. The van der Waals surface area contributed by atoms with E-state index in [-0.39, 0.29) is 11.6 Å². The summed E-state index contributed by atoms with van der Waals surface area (Å²) in [6, 6.07) is 0. The molecule has 0 aromatic heterocycles. The molecule has 2 aliphatic rings. The number of rotatable bonds is 0. The summed E-state index contributed by atoms with van der Waals surface area (Å²) >= 11 is 0. The zero-order chi connectivity index (χ0) is 21.1. The van der Waals surface area contributed by atoms with E-state index in [1.807, 2.05) is 0 Å². The van der Waals surface area contributed by atoms with E-state index in [0.29, 0.717) is 0 Å². The fourth-order valence-corrected chi connectivity index (χ4v) is 0.468. The van der Waals surface area contributed by atoms with Crippen LogP contribution in [0.3, 0.4) is 0 Å². The normalized spacial score (nSPS) is 13.1. The van der Waals surface area contributed by atoms with Crippen molar-refractivity contribution in [3.05, 3.63) is 11.6 Å². The van der Waals surface area contributed by atoms with Crippen molar-refractivity contribution in [2.45, 2.75) is 0 Å². The van der Waals surface area contributed by atoms with E-state index in [4.69, 9.17) is 57.4 Å². The van der Waals surface area contributed by atoms with Crippen molar-refractivity contribution in [2.75, 3.05) is 0 Å². The standard InChI is InChI=1S/C2N8.4H3O3P/c3-1(4-8-7-3)2-5-9-10-6-2;4*1-4(2)3/h;4*4H,(H2,1,2,3). The van der Waals surface area contributed by atoms with Gasteiger partial charge >= 0.3 is 33.0 Å². The largest absolute Gasteiger partial charge is 0.326 e. The lowest BCUT2D eigenvalue weighted by Crippen LogP contribution is -1.71. The fraction of sp³-hybridized carbons (Fsp3) is 0. The summed E-state index contributed by atoms with van der Waals surface area (Å²) in [7, 11) is -12.5. The molecule has 0 amide bonds. The molecule has 0 unspecified atom stereocenters. The molecular weight excluding hydrogens is 452 g/mol. The van der Waals surface area contributed by atoms with Crippen LogP contribution in [-0.2, 0) is 18.3 Å². The average Bonchev–Trinajstić information content (AvgIpc) is 3.10. The van der Waals surface area contributed by atoms with Gasteiger partial charge in [0.15, 0.2) is 0 Å². The third kappa shape index (κ3) is 38.4. The summed E-state index contributed by atoms with van der Waals surface area (Å²) in [5.41, 5.74) is 0. The minimum atomic E-state index is -3.13. The Morgan fingerprint density at radius 2 is 0.538 bits per heavy atom. The molecule has 152 valence electrons. The van der Waals surface area contributed by atoms with Crippen LogP contribution in [0.1, 0.15) is 0 Å². The SMILES string of the molecule is N1=NC(=C2N=NN=N2)N=N1.O=[PH](O)O.O=[PH](O)O.O=[PH](O)O.O=[PH](O)O. The van der Waals surface area contributed by atoms with Gasteiger partial charge in [-0.25, -0.2) is 0 Å². The number of nitrogens with zero attached hydrogens (tertiary/aromatic N) is 8. The van der Waals surface area contributed by atoms with Crippen LogP contribution in [0.4, 0.5) is 0 Å². The van der Waals surface area contributed by atoms with Crippen LogP contribution in [0.15, 0.2) is 53.0 Å². The molecule has 0 bridgehead atoms. The summed E-state index contributed by atoms with van der Waals surface area (Å²) in [6.07, 6.45) is 0. The van der Waals surface area contributed by atoms with Crippen molar-refractivity contribution < 1.29 is 57.4 Å². The molecule has 2 heterocycles. The molecule has 0 spiro atoms. The van der Waals surface area contributed by atoms with Crippen LogP contribution in [0.2, 0.25) is 0 Å². The molecule has 8 N–H and O–H groups in total. The molecule has 0 aromatic rings. The van der Waals surface area contributed by atoms with Crippen molar-refractivity contribution >= 4 is 33.0 Å². The first-order valence-corrected chi connectivity index (χ1v) is 10.2. The van der Waals surface area contributed by atoms with Crippen LogP contribution in [0, 0.1) is 0 Å². The Hall–Kier alpha value is -1.26. The lowest BCUT2D eigenvalue weighted by molar-refractivity contribution is 0.403. The zero-order valence-corrected chi connectivity index (χ0v) is 15.8. The second-order valence-corrected chi connectivity index (χ2v) is 4.80. The van der Waals surface area contributed by atoms with Crippen LogP contribution < -0.4 is 0 Å². The number of hydrogen-bond acceptors (Lipinski definition) is 12. The van der Waals surface area contributed by atoms with Gasteiger partial charge < -0.3 is 39.1 Å². The van der Waals surface area contributed by atoms with Crippen molar-refractivity contribution in [2.24, 2.45) is 41.4 Å². The summed E-state index contributed by atoms with van der Waals surface area (Å²) in [5.74, 6) is 0.481. The van der Waals surface area contributed by atoms with Gasteiger partial charge in [-0.2, -0.15) is 0 Å². The first-order chi connectivity index (χ1) is 11.9. The second kappa shape index (κ2) is 20.1. The minimum absolute atomic E-state index is 0.241. The molecule has 0 saturated carbocycles. The Balaban J connectivity index is -0.000000284. The van der Waals surface area contributed by atoms with E-state index < -0.39 is 33.0 Å². The summed E-state index contributed by atoms with van der Waals surface area (Å²) in [5, 5.41) is 26.9. The van der Waals surface area contributed by atoms with E-state index in [1.54, 1.807) is 0 Å². The predicted molar refractivity (Wildman–Crippen MR) is 80.2 cm³/mol. The predicted octanol–water partition coefficient (Wildman–Crippen LogP) is -0.778. The lowest BCUT2D eigenvalue weighted by Gasteiger charge is -1.79. The molecule has 2 rings (SSSR count). The Kier molecular flexibility index (Phi) is 22.8. The third-order valence-corrected chi connectivity index (χ3v) is 0.838. The highest BCUT2D eigenvalue weighted by Crippen LogP contribution is 2.20. The first-order valence-electron chi connectivity index (χ1n) is 4.95. The molecule has 0 saturated heterocycles. The Morgan fingerprint density at radius 3 is 0.654 bits per heavy atom. The summed E-state index contributed by atoms with van der Waals surface area (Å²) < 4.78 is 35.0. The fourth-order valence-electron chi connectivity index (χ4n) is 0.468. The van der Waals surface area contributed by atoms with Gasteiger partial charge in [0.1, 0.15) is 0 Å². The quantitative estimate of drug-likeness (QED) is 0.205. The third-order valence-electron chi connectivity index (χ3n) is 0.838. The van der Waals surface area contributed by atoms with Gasteiger partial charge in [0, 0.05) is 0 Å². The molecule has 26 heavy (non-hydrogen) atoms. The molecule has 0 aromatic carbocycles. The summed E-state index contributed by atoms with van der Waals surface area (Å²) in [6.45, 7) is 0. The smallest absolute Gasteiger partial charge is 0.314 e. The van der Waals surface area contributed by atoms with Crippen molar-refractivity contribution in [1.29, 1.82) is 0 Å². The molecule has 20 nitrogen and oxygen atoms in total. The van der Waals surface area contributed by atoms with E-state index in [1.165, 1.54) is 0 Å². The van der Waals surface area contributed by atoms with Crippen molar-refractivity contribution in [3.63, 3.8) is 0 Å². The Bertz CT molecular complexity index is 519. The van der Waals surface area contributed by atoms with E-state index in [0.717, 1.165) is 0 Å². The van der Waals surface area contributed by atoms with Crippen LogP contribution in [-0.4, -0.2) is 39.1 Å². The highest BCUT2D eigenvalue weighted by molar-refractivity contribution is 7.31.